The van der Waals surface area contributed by atoms with E-state index in [4.69, 9.17) is 23.7 Å². The zero-order valence-electron chi connectivity index (χ0n) is 42.6. The Bertz CT molecular complexity index is 1100. The first-order chi connectivity index (χ1) is 30.9. The molecule has 0 amide bonds. The van der Waals surface area contributed by atoms with Crippen molar-refractivity contribution < 1.29 is 47.7 Å². The summed E-state index contributed by atoms with van der Waals surface area (Å²) in [6.45, 7) is 11.0. The van der Waals surface area contributed by atoms with Gasteiger partial charge in [0, 0.05) is 32.1 Å². The maximum atomic E-state index is 13.6. The fourth-order valence-electron chi connectivity index (χ4n) is 7.92. The summed E-state index contributed by atoms with van der Waals surface area (Å²) in [5.74, 6) is -1.51. The highest BCUT2D eigenvalue weighted by Gasteiger charge is 2.38. The molecule has 0 aliphatic rings. The van der Waals surface area contributed by atoms with Gasteiger partial charge in [-0.1, -0.05) is 157 Å². The number of carbonyl (C=O) groups is 5. The van der Waals surface area contributed by atoms with Gasteiger partial charge in [-0.15, -0.1) is 0 Å². The van der Waals surface area contributed by atoms with Gasteiger partial charge in [-0.25, -0.2) is 0 Å². The Morgan fingerprint density at radius 2 is 0.688 bits per heavy atom. The predicted octanol–water partition coefficient (Wildman–Crippen LogP) is 13.1. The molecule has 0 saturated carbocycles. The third-order valence-electron chi connectivity index (χ3n) is 12.2. The number of rotatable bonds is 46. The van der Waals surface area contributed by atoms with E-state index in [1.54, 1.807) is 0 Å². The third-order valence-corrected chi connectivity index (χ3v) is 12.2. The lowest BCUT2D eigenvalue weighted by molar-refractivity contribution is -0.171. The van der Waals surface area contributed by atoms with Crippen LogP contribution in [-0.2, 0) is 47.7 Å². The fourth-order valence-corrected chi connectivity index (χ4v) is 7.92. The second kappa shape index (κ2) is 42.9. The monoisotopic (exact) mass is 910 g/mol. The van der Waals surface area contributed by atoms with Crippen molar-refractivity contribution in [3.63, 3.8) is 0 Å². The largest absolute Gasteiger partial charge is 0.466 e. The number of carbonyl (C=O) groups excluding carboxylic acids is 5. The average molecular weight is 910 g/mol. The molecule has 0 aromatic carbocycles. The molecule has 11 nitrogen and oxygen atoms in total. The van der Waals surface area contributed by atoms with E-state index in [2.05, 4.69) is 34.6 Å². The number of nitrogens with zero attached hydrogens (tertiary/aromatic N) is 1. The van der Waals surface area contributed by atoms with Gasteiger partial charge in [-0.3, -0.25) is 24.0 Å². The molecule has 0 heterocycles. The van der Waals surface area contributed by atoms with Crippen molar-refractivity contribution in [2.75, 3.05) is 53.7 Å². The number of ether oxygens (including phenoxy) is 5. The molecule has 0 saturated heterocycles. The summed E-state index contributed by atoms with van der Waals surface area (Å²) < 4.78 is 29.1. The summed E-state index contributed by atoms with van der Waals surface area (Å²) in [5, 5.41) is 0. The molecule has 0 aromatic heterocycles. The van der Waals surface area contributed by atoms with E-state index in [0.29, 0.717) is 32.4 Å². The molecule has 0 aliphatic heterocycles. The molecule has 11 heteroatoms. The van der Waals surface area contributed by atoms with Gasteiger partial charge in [-0.05, 0) is 83.8 Å². The highest BCUT2D eigenvalue weighted by Crippen LogP contribution is 2.27. The van der Waals surface area contributed by atoms with Crippen molar-refractivity contribution in [2.24, 2.45) is 17.3 Å². The molecule has 0 spiro atoms. The van der Waals surface area contributed by atoms with E-state index in [9.17, 15) is 24.0 Å². The zero-order chi connectivity index (χ0) is 47.5. The summed E-state index contributed by atoms with van der Waals surface area (Å²) in [7, 11) is 3.88. The molecule has 0 N–H and O–H groups in total. The lowest BCUT2D eigenvalue weighted by Crippen LogP contribution is -2.44. The molecular formula is C53H99NO10. The summed E-state index contributed by atoms with van der Waals surface area (Å²) in [5.41, 5.74) is -1.31. The van der Waals surface area contributed by atoms with Crippen LogP contribution in [0, 0.1) is 17.3 Å². The van der Waals surface area contributed by atoms with Crippen molar-refractivity contribution in [1.82, 2.24) is 4.90 Å². The van der Waals surface area contributed by atoms with Gasteiger partial charge < -0.3 is 28.6 Å². The molecule has 0 bridgehead atoms. The smallest absolute Gasteiger partial charge is 0.306 e. The normalized spacial score (nSPS) is 11.7. The lowest BCUT2D eigenvalue weighted by Gasteiger charge is -2.32. The van der Waals surface area contributed by atoms with Gasteiger partial charge in [0.1, 0.15) is 31.8 Å². The first-order valence-corrected chi connectivity index (χ1v) is 26.4. The van der Waals surface area contributed by atoms with E-state index >= 15 is 0 Å². The van der Waals surface area contributed by atoms with E-state index in [-0.39, 0.29) is 88.3 Å². The molecule has 0 unspecified atom stereocenters. The molecule has 0 radical (unpaired) electrons. The molecule has 0 aromatic rings. The molecule has 64 heavy (non-hydrogen) atoms. The maximum Gasteiger partial charge on any atom is 0.306 e. The number of unbranched alkanes of at least 4 members (excludes halogenated alkanes) is 16. The Labute approximate surface area is 392 Å². The SMILES string of the molecule is CCCCCCCCCCOC(=O)CCCCC(=O)OCC(COC(=O)CCCN(C)C)(COC(=O)CC(CCCCC)CCCCC)COC(=O)CC(CCCCC)CCCCC. The minimum atomic E-state index is -1.31. The molecule has 0 rings (SSSR count). The Morgan fingerprint density at radius 3 is 1.06 bits per heavy atom. The first-order valence-electron chi connectivity index (χ1n) is 26.4. The summed E-state index contributed by atoms with van der Waals surface area (Å²) in [4.78, 5) is 67.8. The van der Waals surface area contributed by atoms with Crippen LogP contribution in [0.15, 0.2) is 0 Å². The fraction of sp³-hybridized carbons (Fsp3) is 0.906. The summed E-state index contributed by atoms with van der Waals surface area (Å²) >= 11 is 0. The van der Waals surface area contributed by atoms with Gasteiger partial charge in [-0.2, -0.15) is 0 Å². The van der Waals surface area contributed by atoms with E-state index in [0.717, 1.165) is 122 Å². The maximum absolute atomic E-state index is 13.6. The van der Waals surface area contributed by atoms with Crippen LogP contribution >= 0.6 is 0 Å². The number of hydrogen-bond donors (Lipinski definition) is 0. The molecule has 0 aliphatic carbocycles. The third kappa shape index (κ3) is 37.5. The highest BCUT2D eigenvalue weighted by molar-refractivity contribution is 5.72. The van der Waals surface area contributed by atoms with Crippen LogP contribution in [0.4, 0.5) is 0 Å². The standard InChI is InChI=1S/C53H99NO10/c1-8-13-18-19-20-21-22-29-39-60-48(55)35-27-28-36-49(56)61-42-53(43-62-50(57)37-30-38-54(6)7,44-63-51(58)40-46(31-23-14-9-2)32-24-15-10-3)45-64-52(59)41-47(33-25-16-11-4)34-26-17-12-5/h46-47H,8-45H2,1-7H3. The molecule has 0 atom stereocenters. The number of hydrogen-bond acceptors (Lipinski definition) is 11. The van der Waals surface area contributed by atoms with Crippen LogP contribution in [-0.4, -0.2) is 88.4 Å². The van der Waals surface area contributed by atoms with E-state index in [1.807, 2.05) is 19.0 Å². The van der Waals surface area contributed by atoms with Crippen LogP contribution < -0.4 is 0 Å². The van der Waals surface area contributed by atoms with Crippen LogP contribution in [0.1, 0.15) is 240 Å². The van der Waals surface area contributed by atoms with Gasteiger partial charge in [0.25, 0.3) is 0 Å². The zero-order valence-corrected chi connectivity index (χ0v) is 42.6. The van der Waals surface area contributed by atoms with Gasteiger partial charge in [0.2, 0.25) is 0 Å². The average Bonchev–Trinajstić information content (AvgIpc) is 3.26. The Balaban J connectivity index is 5.94. The highest BCUT2D eigenvalue weighted by atomic mass is 16.6. The summed E-state index contributed by atoms with van der Waals surface area (Å²) in [6, 6.07) is 0. The second-order valence-electron chi connectivity index (χ2n) is 19.1. The summed E-state index contributed by atoms with van der Waals surface area (Å²) in [6.07, 6.45) is 28.8. The molecule has 0 fully saturated rings. The van der Waals surface area contributed by atoms with Crippen LogP contribution in [0.3, 0.4) is 0 Å². The molecular weight excluding hydrogens is 811 g/mol. The second-order valence-corrected chi connectivity index (χ2v) is 19.1. The van der Waals surface area contributed by atoms with Crippen molar-refractivity contribution >= 4 is 29.8 Å². The van der Waals surface area contributed by atoms with E-state index < -0.39 is 17.4 Å². The minimum absolute atomic E-state index is 0.0691. The van der Waals surface area contributed by atoms with Crippen molar-refractivity contribution in [2.45, 2.75) is 240 Å². The van der Waals surface area contributed by atoms with Crippen molar-refractivity contribution in [1.29, 1.82) is 0 Å². The van der Waals surface area contributed by atoms with Crippen LogP contribution in [0.5, 0.6) is 0 Å². The quantitative estimate of drug-likeness (QED) is 0.0328. The van der Waals surface area contributed by atoms with Crippen molar-refractivity contribution in [3.8, 4) is 0 Å². The van der Waals surface area contributed by atoms with Gasteiger partial charge in [0.05, 0.1) is 6.61 Å². The first kappa shape index (κ1) is 61.3. The Morgan fingerprint density at radius 1 is 0.375 bits per heavy atom. The van der Waals surface area contributed by atoms with Gasteiger partial charge in [0.15, 0.2) is 0 Å². The lowest BCUT2D eigenvalue weighted by atomic mass is 9.90. The van der Waals surface area contributed by atoms with Crippen molar-refractivity contribution in [3.05, 3.63) is 0 Å². The van der Waals surface area contributed by atoms with Crippen LogP contribution in [0.2, 0.25) is 0 Å². The Hall–Kier alpha value is -2.69. The Kier molecular flexibility index (Phi) is 41.1. The van der Waals surface area contributed by atoms with E-state index in [1.165, 1.54) is 32.1 Å². The van der Waals surface area contributed by atoms with Gasteiger partial charge >= 0.3 is 29.8 Å². The van der Waals surface area contributed by atoms with Crippen LogP contribution in [0.25, 0.3) is 0 Å². The molecule has 376 valence electrons. The topological polar surface area (TPSA) is 135 Å². The predicted molar refractivity (Wildman–Crippen MR) is 259 cm³/mol. The number of esters is 5. The minimum Gasteiger partial charge on any atom is -0.466 e.